The zero-order valence-corrected chi connectivity index (χ0v) is 5.80. The Hall–Kier alpha value is -0.560. The van der Waals surface area contributed by atoms with Crippen LogP contribution in [0.5, 0.6) is 0 Å². The predicted octanol–water partition coefficient (Wildman–Crippen LogP) is -0.636. The molecule has 1 rings (SSSR count). The zero-order chi connectivity index (χ0) is 7.45. The molecule has 0 aromatic heterocycles. The van der Waals surface area contributed by atoms with Gasteiger partial charge in [0, 0.05) is 0 Å². The fraction of sp³-hybridized carbons (Fsp3) is 0.714. The van der Waals surface area contributed by atoms with Crippen LogP contribution in [0.1, 0.15) is 0 Å². The molecule has 10 heavy (non-hydrogen) atoms. The van der Waals surface area contributed by atoms with Crippen LogP contribution in [0.3, 0.4) is 0 Å². The van der Waals surface area contributed by atoms with Crippen LogP contribution in [0.15, 0.2) is 0 Å². The van der Waals surface area contributed by atoms with Crippen molar-refractivity contribution in [1.82, 2.24) is 0 Å². The second-order valence-electron chi connectivity index (χ2n) is 2.41. The van der Waals surface area contributed by atoms with Gasteiger partial charge in [-0.25, -0.2) is 0 Å². The van der Waals surface area contributed by atoms with E-state index in [0.29, 0.717) is 26.4 Å². The van der Waals surface area contributed by atoms with Gasteiger partial charge >= 0.3 is 0 Å². The van der Waals surface area contributed by atoms with Crippen LogP contribution in [0.2, 0.25) is 0 Å². The highest BCUT2D eigenvalue weighted by Crippen LogP contribution is 2.04. The lowest BCUT2D eigenvalue weighted by Crippen LogP contribution is -2.46. The van der Waals surface area contributed by atoms with E-state index in [4.69, 9.17) is 21.6 Å². The van der Waals surface area contributed by atoms with Gasteiger partial charge in [0.05, 0.1) is 26.4 Å². The van der Waals surface area contributed by atoms with Crippen LogP contribution in [0.4, 0.5) is 0 Å². The summed E-state index contributed by atoms with van der Waals surface area (Å²) in [6, 6.07) is 0. The average molecular weight is 141 g/mol. The Labute approximate surface area is 60.5 Å². The van der Waals surface area contributed by atoms with E-state index < -0.39 is 5.54 Å². The summed E-state index contributed by atoms with van der Waals surface area (Å²) in [6.07, 6.45) is 5.17. The van der Waals surface area contributed by atoms with Gasteiger partial charge in [-0.3, -0.25) is 0 Å². The second kappa shape index (κ2) is 3.02. The SMILES string of the molecule is C#CC1(N)COCCOC1. The second-order valence-corrected chi connectivity index (χ2v) is 2.41. The highest BCUT2D eigenvalue weighted by molar-refractivity contribution is 5.11. The van der Waals surface area contributed by atoms with Crippen molar-refractivity contribution in [1.29, 1.82) is 0 Å². The largest absolute Gasteiger partial charge is 0.376 e. The lowest BCUT2D eigenvalue weighted by molar-refractivity contribution is 0.103. The smallest absolute Gasteiger partial charge is 0.124 e. The molecule has 1 aliphatic rings. The molecule has 0 bridgehead atoms. The standard InChI is InChI=1S/C7H11NO2/c1-2-7(8)5-9-3-4-10-6-7/h1H,3-6,8H2. The molecule has 1 heterocycles. The van der Waals surface area contributed by atoms with Gasteiger partial charge < -0.3 is 15.2 Å². The number of terminal acetylenes is 1. The summed E-state index contributed by atoms with van der Waals surface area (Å²) in [6.45, 7) is 1.95. The van der Waals surface area contributed by atoms with Crippen molar-refractivity contribution in [2.75, 3.05) is 26.4 Å². The minimum atomic E-state index is -0.712. The molecule has 0 amide bonds. The Bertz CT molecular complexity index is 142. The van der Waals surface area contributed by atoms with Gasteiger partial charge in [0.1, 0.15) is 5.54 Å². The molecular formula is C7H11NO2. The van der Waals surface area contributed by atoms with E-state index in [1.54, 1.807) is 0 Å². The van der Waals surface area contributed by atoms with Crippen LogP contribution in [0.25, 0.3) is 0 Å². The van der Waals surface area contributed by atoms with E-state index in [-0.39, 0.29) is 0 Å². The molecule has 0 aromatic carbocycles. The van der Waals surface area contributed by atoms with Crippen molar-refractivity contribution in [2.45, 2.75) is 5.54 Å². The Morgan fingerprint density at radius 2 is 1.80 bits per heavy atom. The predicted molar refractivity (Wildman–Crippen MR) is 37.4 cm³/mol. The number of ether oxygens (including phenoxy) is 2. The third kappa shape index (κ3) is 1.71. The van der Waals surface area contributed by atoms with E-state index in [9.17, 15) is 0 Å². The van der Waals surface area contributed by atoms with E-state index in [1.165, 1.54) is 0 Å². The minimum Gasteiger partial charge on any atom is -0.376 e. The molecule has 1 aliphatic heterocycles. The van der Waals surface area contributed by atoms with Crippen LogP contribution in [-0.4, -0.2) is 32.0 Å². The first kappa shape index (κ1) is 7.55. The van der Waals surface area contributed by atoms with Gasteiger partial charge in [0.15, 0.2) is 0 Å². The third-order valence-electron chi connectivity index (χ3n) is 1.38. The molecule has 0 aliphatic carbocycles. The lowest BCUT2D eigenvalue weighted by atomic mass is 10.1. The number of nitrogens with two attached hydrogens (primary N) is 1. The molecule has 2 N–H and O–H groups in total. The van der Waals surface area contributed by atoms with E-state index >= 15 is 0 Å². The van der Waals surface area contributed by atoms with Crippen LogP contribution < -0.4 is 5.73 Å². The fourth-order valence-electron chi connectivity index (χ4n) is 0.751. The van der Waals surface area contributed by atoms with E-state index in [0.717, 1.165) is 0 Å². The van der Waals surface area contributed by atoms with Gasteiger partial charge in [0.25, 0.3) is 0 Å². The Balaban J connectivity index is 2.51. The van der Waals surface area contributed by atoms with Crippen molar-refractivity contribution in [3.8, 4) is 12.3 Å². The molecule has 3 nitrogen and oxygen atoms in total. The molecule has 1 fully saturated rings. The maximum absolute atomic E-state index is 5.67. The summed E-state index contributed by atoms with van der Waals surface area (Å²) in [5, 5.41) is 0. The molecule has 0 aromatic rings. The quantitative estimate of drug-likeness (QED) is 0.456. The first-order valence-electron chi connectivity index (χ1n) is 3.19. The molecule has 56 valence electrons. The minimum absolute atomic E-state index is 0.392. The number of rotatable bonds is 0. The van der Waals surface area contributed by atoms with Gasteiger partial charge in [0.2, 0.25) is 0 Å². The Kier molecular flexibility index (Phi) is 2.28. The molecule has 0 radical (unpaired) electrons. The van der Waals surface area contributed by atoms with Gasteiger partial charge in [-0.05, 0) is 0 Å². The van der Waals surface area contributed by atoms with Crippen LogP contribution >= 0.6 is 0 Å². The van der Waals surface area contributed by atoms with Crippen molar-refractivity contribution >= 4 is 0 Å². The number of hydrogen-bond acceptors (Lipinski definition) is 3. The fourth-order valence-corrected chi connectivity index (χ4v) is 0.751. The van der Waals surface area contributed by atoms with Crippen molar-refractivity contribution in [2.24, 2.45) is 5.73 Å². The molecule has 1 saturated heterocycles. The van der Waals surface area contributed by atoms with Crippen molar-refractivity contribution in [3.05, 3.63) is 0 Å². The maximum Gasteiger partial charge on any atom is 0.124 e. The average Bonchev–Trinajstić information content (AvgIpc) is 2.15. The monoisotopic (exact) mass is 141 g/mol. The topological polar surface area (TPSA) is 44.5 Å². The van der Waals surface area contributed by atoms with Crippen molar-refractivity contribution < 1.29 is 9.47 Å². The summed E-state index contributed by atoms with van der Waals surface area (Å²) in [5.41, 5.74) is 4.96. The van der Waals surface area contributed by atoms with E-state index in [1.807, 2.05) is 0 Å². The van der Waals surface area contributed by atoms with Crippen molar-refractivity contribution in [3.63, 3.8) is 0 Å². The Morgan fingerprint density at radius 1 is 1.30 bits per heavy atom. The molecule has 0 saturated carbocycles. The lowest BCUT2D eigenvalue weighted by Gasteiger charge is -2.18. The summed E-state index contributed by atoms with van der Waals surface area (Å²) >= 11 is 0. The Morgan fingerprint density at radius 3 is 2.20 bits per heavy atom. The summed E-state index contributed by atoms with van der Waals surface area (Å²) in [4.78, 5) is 0. The first-order valence-corrected chi connectivity index (χ1v) is 3.19. The summed E-state index contributed by atoms with van der Waals surface area (Å²) < 4.78 is 10.2. The normalized spacial score (nSPS) is 24.8. The summed E-state index contributed by atoms with van der Waals surface area (Å²) in [7, 11) is 0. The molecular weight excluding hydrogens is 130 g/mol. The van der Waals surface area contributed by atoms with Gasteiger partial charge in [-0.1, -0.05) is 5.92 Å². The zero-order valence-electron chi connectivity index (χ0n) is 5.80. The van der Waals surface area contributed by atoms with Crippen LogP contribution in [-0.2, 0) is 9.47 Å². The highest BCUT2D eigenvalue weighted by atomic mass is 16.5. The third-order valence-corrected chi connectivity index (χ3v) is 1.38. The van der Waals surface area contributed by atoms with Gasteiger partial charge in [-0.2, -0.15) is 0 Å². The molecule has 3 heteroatoms. The maximum atomic E-state index is 5.67. The molecule has 0 atom stereocenters. The molecule has 0 spiro atoms. The van der Waals surface area contributed by atoms with E-state index in [2.05, 4.69) is 5.92 Å². The van der Waals surface area contributed by atoms with Crippen LogP contribution in [0, 0.1) is 12.3 Å². The van der Waals surface area contributed by atoms with Gasteiger partial charge in [-0.15, -0.1) is 6.42 Å². The highest BCUT2D eigenvalue weighted by Gasteiger charge is 2.24. The molecule has 0 unspecified atom stereocenters. The number of hydrogen-bond donors (Lipinski definition) is 1. The summed E-state index contributed by atoms with van der Waals surface area (Å²) in [5.74, 6) is 2.45. The first-order chi connectivity index (χ1) is 4.77.